The number of aromatic nitrogens is 1. The number of carboxylic acid groups (broad SMARTS) is 1. The molecule has 0 radical (unpaired) electrons. The number of alkyl halides is 3. The minimum absolute atomic E-state index is 0.00588. The van der Waals surface area contributed by atoms with E-state index in [-0.39, 0.29) is 17.7 Å². The molecule has 6 heteroatoms. The summed E-state index contributed by atoms with van der Waals surface area (Å²) in [7, 11) is 0. The zero-order chi connectivity index (χ0) is 14.8. The molecule has 0 N–H and O–H groups in total. The molecule has 1 aromatic heterocycles. The van der Waals surface area contributed by atoms with E-state index >= 15 is 0 Å². The first kappa shape index (κ1) is 14.0. The summed E-state index contributed by atoms with van der Waals surface area (Å²) < 4.78 is 37.8. The number of carbonyl (C=O) groups excluding carboxylic acids is 1. The molecule has 0 fully saturated rings. The first-order valence-corrected chi connectivity index (χ1v) is 5.69. The van der Waals surface area contributed by atoms with Crippen LogP contribution < -0.4 is 5.11 Å². The van der Waals surface area contributed by atoms with Crippen molar-refractivity contribution in [3.63, 3.8) is 0 Å². The highest BCUT2D eigenvalue weighted by Gasteiger charge is 2.30. The molecule has 0 aliphatic carbocycles. The van der Waals surface area contributed by atoms with Gasteiger partial charge in [0.15, 0.2) is 0 Å². The molecule has 0 amide bonds. The fraction of sp³-hybridized carbons (Fsp3) is 0.143. The Morgan fingerprint density at radius 1 is 1.20 bits per heavy atom. The fourth-order valence-electron chi connectivity index (χ4n) is 1.82. The summed E-state index contributed by atoms with van der Waals surface area (Å²) in [6.45, 7) is 0. The molecular formula is C14H9F3NO2-. The molecule has 0 aliphatic rings. The van der Waals surface area contributed by atoms with Crippen LogP contribution in [0.1, 0.15) is 27.2 Å². The van der Waals surface area contributed by atoms with Crippen molar-refractivity contribution in [1.82, 2.24) is 4.98 Å². The lowest BCUT2D eigenvalue weighted by Gasteiger charge is -2.11. The highest BCUT2D eigenvalue weighted by atomic mass is 19.4. The lowest BCUT2D eigenvalue weighted by Crippen LogP contribution is -2.24. The van der Waals surface area contributed by atoms with Gasteiger partial charge in [-0.1, -0.05) is 18.2 Å². The Morgan fingerprint density at radius 2 is 1.95 bits per heavy atom. The summed E-state index contributed by atoms with van der Waals surface area (Å²) in [5, 5.41) is 10.9. The first-order valence-electron chi connectivity index (χ1n) is 5.69. The number of carboxylic acids is 1. The number of halogens is 3. The zero-order valence-electron chi connectivity index (χ0n) is 10.1. The summed E-state index contributed by atoms with van der Waals surface area (Å²) in [6, 6.07) is 7.45. The molecule has 2 rings (SSSR count). The van der Waals surface area contributed by atoms with Crippen molar-refractivity contribution in [2.75, 3.05) is 0 Å². The van der Waals surface area contributed by atoms with E-state index in [4.69, 9.17) is 0 Å². The van der Waals surface area contributed by atoms with Gasteiger partial charge < -0.3 is 9.90 Å². The van der Waals surface area contributed by atoms with Crippen LogP contribution >= 0.6 is 0 Å². The SMILES string of the molecule is O=C([O-])c1cccnc1Cc1cccc(C(F)(F)F)c1. The van der Waals surface area contributed by atoms with Crippen LogP contribution in [-0.4, -0.2) is 11.0 Å². The van der Waals surface area contributed by atoms with Crippen LogP contribution in [0.4, 0.5) is 13.2 Å². The van der Waals surface area contributed by atoms with E-state index in [2.05, 4.69) is 4.98 Å². The van der Waals surface area contributed by atoms with E-state index in [1.165, 1.54) is 30.5 Å². The molecule has 0 aliphatic heterocycles. The van der Waals surface area contributed by atoms with Crippen molar-refractivity contribution >= 4 is 5.97 Å². The second-order valence-electron chi connectivity index (χ2n) is 4.16. The summed E-state index contributed by atoms with van der Waals surface area (Å²) in [4.78, 5) is 14.8. The number of rotatable bonds is 3. The molecule has 0 saturated heterocycles. The minimum Gasteiger partial charge on any atom is -0.545 e. The maximum absolute atomic E-state index is 12.6. The molecule has 20 heavy (non-hydrogen) atoms. The molecule has 1 aromatic carbocycles. The lowest BCUT2D eigenvalue weighted by atomic mass is 10.0. The quantitative estimate of drug-likeness (QED) is 0.864. The molecule has 0 atom stereocenters. The summed E-state index contributed by atoms with van der Waals surface area (Å²) in [5.74, 6) is -1.40. The number of nitrogens with zero attached hydrogens (tertiary/aromatic N) is 1. The maximum Gasteiger partial charge on any atom is 0.416 e. The number of pyridine rings is 1. The van der Waals surface area contributed by atoms with Gasteiger partial charge in [0.25, 0.3) is 0 Å². The third kappa shape index (κ3) is 3.14. The van der Waals surface area contributed by atoms with Crippen molar-refractivity contribution in [1.29, 1.82) is 0 Å². The number of benzene rings is 1. The van der Waals surface area contributed by atoms with E-state index in [9.17, 15) is 23.1 Å². The Hall–Kier alpha value is -2.37. The van der Waals surface area contributed by atoms with Gasteiger partial charge in [0.05, 0.1) is 17.2 Å². The van der Waals surface area contributed by atoms with E-state index in [0.717, 1.165) is 12.1 Å². The van der Waals surface area contributed by atoms with Crippen LogP contribution in [0.5, 0.6) is 0 Å². The smallest absolute Gasteiger partial charge is 0.416 e. The standard InChI is InChI=1S/C14H10F3NO2/c15-14(16,17)10-4-1-3-9(7-10)8-12-11(13(19)20)5-2-6-18-12/h1-7H,8H2,(H,19,20)/p-1. The van der Waals surface area contributed by atoms with Crippen molar-refractivity contribution < 1.29 is 23.1 Å². The highest BCUT2D eigenvalue weighted by molar-refractivity contribution is 5.87. The Morgan fingerprint density at radius 3 is 2.60 bits per heavy atom. The molecule has 0 saturated carbocycles. The summed E-state index contributed by atoms with van der Waals surface area (Å²) in [6.07, 6.45) is -3.05. The van der Waals surface area contributed by atoms with Crippen LogP contribution in [-0.2, 0) is 12.6 Å². The molecule has 3 nitrogen and oxygen atoms in total. The average molecular weight is 280 g/mol. The molecular weight excluding hydrogens is 271 g/mol. The van der Waals surface area contributed by atoms with Gasteiger partial charge in [0, 0.05) is 18.2 Å². The molecule has 0 spiro atoms. The minimum atomic E-state index is -4.43. The van der Waals surface area contributed by atoms with Crippen LogP contribution in [0.25, 0.3) is 0 Å². The first-order chi connectivity index (χ1) is 9.38. The van der Waals surface area contributed by atoms with Crippen LogP contribution in [0.15, 0.2) is 42.6 Å². The van der Waals surface area contributed by atoms with Crippen molar-refractivity contribution in [2.45, 2.75) is 12.6 Å². The zero-order valence-corrected chi connectivity index (χ0v) is 10.1. The van der Waals surface area contributed by atoms with E-state index in [0.29, 0.717) is 5.56 Å². The lowest BCUT2D eigenvalue weighted by molar-refractivity contribution is -0.255. The summed E-state index contributed by atoms with van der Waals surface area (Å²) >= 11 is 0. The predicted octanol–water partition coefficient (Wildman–Crippen LogP) is 2.05. The molecule has 2 aromatic rings. The van der Waals surface area contributed by atoms with Gasteiger partial charge in [-0.15, -0.1) is 0 Å². The van der Waals surface area contributed by atoms with E-state index < -0.39 is 17.7 Å². The monoisotopic (exact) mass is 280 g/mol. The average Bonchev–Trinajstić information content (AvgIpc) is 2.38. The van der Waals surface area contributed by atoms with Crippen LogP contribution in [0.2, 0.25) is 0 Å². The van der Waals surface area contributed by atoms with Gasteiger partial charge in [0.1, 0.15) is 0 Å². The topological polar surface area (TPSA) is 53.0 Å². The fourth-order valence-corrected chi connectivity index (χ4v) is 1.82. The number of hydrogen-bond donors (Lipinski definition) is 0. The Labute approximate surface area is 112 Å². The maximum atomic E-state index is 12.6. The molecule has 104 valence electrons. The normalized spacial score (nSPS) is 11.3. The molecule has 1 heterocycles. The predicted molar refractivity (Wildman–Crippen MR) is 62.8 cm³/mol. The number of carbonyl (C=O) groups is 1. The Bertz CT molecular complexity index is 638. The molecule has 0 bridgehead atoms. The van der Waals surface area contributed by atoms with Crippen LogP contribution in [0, 0.1) is 0 Å². The van der Waals surface area contributed by atoms with Crippen molar-refractivity contribution in [3.05, 3.63) is 65.0 Å². The third-order valence-electron chi connectivity index (χ3n) is 2.74. The molecule has 0 unspecified atom stereocenters. The Balaban J connectivity index is 2.34. The third-order valence-corrected chi connectivity index (χ3v) is 2.74. The number of hydrogen-bond acceptors (Lipinski definition) is 3. The second-order valence-corrected chi connectivity index (χ2v) is 4.16. The largest absolute Gasteiger partial charge is 0.545 e. The Kier molecular flexibility index (Phi) is 3.74. The van der Waals surface area contributed by atoms with Gasteiger partial charge in [0.2, 0.25) is 0 Å². The van der Waals surface area contributed by atoms with Gasteiger partial charge in [-0.25, -0.2) is 0 Å². The van der Waals surface area contributed by atoms with Gasteiger partial charge in [-0.3, -0.25) is 4.98 Å². The summed E-state index contributed by atoms with van der Waals surface area (Å²) in [5.41, 5.74) is -0.390. The second kappa shape index (κ2) is 5.32. The van der Waals surface area contributed by atoms with Crippen molar-refractivity contribution in [2.24, 2.45) is 0 Å². The van der Waals surface area contributed by atoms with Gasteiger partial charge in [-0.2, -0.15) is 13.2 Å². The van der Waals surface area contributed by atoms with E-state index in [1.807, 2.05) is 0 Å². The van der Waals surface area contributed by atoms with E-state index in [1.54, 1.807) is 0 Å². The highest BCUT2D eigenvalue weighted by Crippen LogP contribution is 2.30. The van der Waals surface area contributed by atoms with Crippen molar-refractivity contribution in [3.8, 4) is 0 Å². The van der Waals surface area contributed by atoms with Gasteiger partial charge >= 0.3 is 6.18 Å². The van der Waals surface area contributed by atoms with Gasteiger partial charge in [-0.05, 0) is 23.8 Å². The van der Waals surface area contributed by atoms with Crippen LogP contribution in [0.3, 0.4) is 0 Å². The number of aromatic carboxylic acids is 1.